The molecule has 0 aliphatic carbocycles. The summed E-state index contributed by atoms with van der Waals surface area (Å²) in [5.41, 5.74) is 1.66. The number of methoxy groups -OCH3 is 1. The van der Waals surface area contributed by atoms with E-state index in [1.807, 2.05) is 30.3 Å². The van der Waals surface area contributed by atoms with Gasteiger partial charge in [0.2, 0.25) is 0 Å². The molecule has 0 saturated carbocycles. The predicted molar refractivity (Wildman–Crippen MR) is 140 cm³/mol. The maximum Gasteiger partial charge on any atom is 0.303 e. The van der Waals surface area contributed by atoms with Gasteiger partial charge in [0, 0.05) is 29.4 Å². The SMILES string of the molecule is COc1ccc2nccc([C@@H](O)CC[C@@H]3CCN(CCCSc4ccnnc4)C[C@@H]3CC(=O)O)c2c1. The van der Waals surface area contributed by atoms with Gasteiger partial charge in [0.05, 0.1) is 31.1 Å². The van der Waals surface area contributed by atoms with Crippen molar-refractivity contribution in [2.75, 3.05) is 32.5 Å². The van der Waals surface area contributed by atoms with Crippen molar-refractivity contribution < 1.29 is 19.7 Å². The number of benzene rings is 1. The van der Waals surface area contributed by atoms with Gasteiger partial charge >= 0.3 is 5.97 Å². The molecule has 192 valence electrons. The van der Waals surface area contributed by atoms with Gasteiger partial charge in [-0.15, -0.1) is 11.8 Å². The number of aliphatic carboxylic acids is 1. The number of carboxylic acid groups (broad SMARTS) is 1. The van der Waals surface area contributed by atoms with E-state index < -0.39 is 12.1 Å². The lowest BCUT2D eigenvalue weighted by Crippen LogP contribution is -2.42. The molecule has 1 aliphatic heterocycles. The van der Waals surface area contributed by atoms with E-state index in [2.05, 4.69) is 20.1 Å². The molecule has 0 amide bonds. The molecule has 2 aromatic heterocycles. The molecule has 1 fully saturated rings. The third kappa shape index (κ3) is 7.15. The molecule has 0 unspecified atom stereocenters. The first kappa shape index (κ1) is 26.3. The molecular weight excluding hydrogens is 476 g/mol. The van der Waals surface area contributed by atoms with Crippen LogP contribution in [-0.4, -0.2) is 68.8 Å². The minimum Gasteiger partial charge on any atom is -0.497 e. The Morgan fingerprint density at radius 1 is 1.22 bits per heavy atom. The highest BCUT2D eigenvalue weighted by Gasteiger charge is 2.31. The van der Waals surface area contributed by atoms with Crippen molar-refractivity contribution in [3.8, 4) is 5.75 Å². The zero-order valence-corrected chi connectivity index (χ0v) is 21.4. The molecule has 1 aliphatic rings. The zero-order chi connectivity index (χ0) is 25.3. The van der Waals surface area contributed by atoms with Crippen LogP contribution in [0.5, 0.6) is 5.75 Å². The highest BCUT2D eigenvalue weighted by Crippen LogP contribution is 2.35. The second-order valence-corrected chi connectivity index (χ2v) is 10.5. The Morgan fingerprint density at radius 3 is 2.89 bits per heavy atom. The largest absolute Gasteiger partial charge is 0.497 e. The maximum atomic E-state index is 11.6. The number of carbonyl (C=O) groups is 1. The van der Waals surface area contributed by atoms with Crippen molar-refractivity contribution in [2.24, 2.45) is 11.8 Å². The van der Waals surface area contributed by atoms with E-state index in [0.29, 0.717) is 6.42 Å². The number of aliphatic hydroxyl groups excluding tert-OH is 1. The maximum absolute atomic E-state index is 11.6. The van der Waals surface area contributed by atoms with Crippen LogP contribution in [0.1, 0.15) is 43.8 Å². The van der Waals surface area contributed by atoms with Crippen molar-refractivity contribution in [1.82, 2.24) is 20.1 Å². The number of fused-ring (bicyclic) bond motifs is 1. The number of thioether (sulfide) groups is 1. The fourth-order valence-electron chi connectivity index (χ4n) is 5.13. The highest BCUT2D eigenvalue weighted by molar-refractivity contribution is 7.99. The monoisotopic (exact) mass is 510 g/mol. The highest BCUT2D eigenvalue weighted by atomic mass is 32.2. The fraction of sp³-hybridized carbons (Fsp3) is 0.481. The Hall–Kier alpha value is -2.75. The van der Waals surface area contributed by atoms with Gasteiger partial charge in [-0.1, -0.05) is 0 Å². The number of likely N-dealkylation sites (tertiary alicyclic amines) is 1. The molecule has 0 spiro atoms. The van der Waals surface area contributed by atoms with Crippen molar-refractivity contribution in [3.05, 3.63) is 54.5 Å². The fourth-order valence-corrected chi connectivity index (χ4v) is 5.92. The van der Waals surface area contributed by atoms with E-state index in [0.717, 1.165) is 71.8 Å². The van der Waals surface area contributed by atoms with Crippen LogP contribution in [0.3, 0.4) is 0 Å². The molecule has 8 nitrogen and oxygen atoms in total. The molecule has 3 atom stereocenters. The number of rotatable bonds is 12. The Bertz CT molecular complexity index is 1130. The summed E-state index contributed by atoms with van der Waals surface area (Å²) in [6.07, 6.45) is 8.12. The quantitative estimate of drug-likeness (QED) is 0.270. The van der Waals surface area contributed by atoms with Gasteiger partial charge in [0.1, 0.15) is 5.75 Å². The first-order valence-electron chi connectivity index (χ1n) is 12.5. The zero-order valence-electron chi connectivity index (χ0n) is 20.6. The van der Waals surface area contributed by atoms with Crippen LogP contribution in [-0.2, 0) is 4.79 Å². The van der Waals surface area contributed by atoms with Gasteiger partial charge in [-0.3, -0.25) is 9.78 Å². The van der Waals surface area contributed by atoms with E-state index in [1.54, 1.807) is 37.5 Å². The van der Waals surface area contributed by atoms with Gasteiger partial charge in [0.15, 0.2) is 0 Å². The van der Waals surface area contributed by atoms with Crippen LogP contribution in [0.2, 0.25) is 0 Å². The van der Waals surface area contributed by atoms with Gasteiger partial charge in [0.25, 0.3) is 0 Å². The van der Waals surface area contributed by atoms with E-state index in [-0.39, 0.29) is 18.3 Å². The van der Waals surface area contributed by atoms with Crippen molar-refractivity contribution in [2.45, 2.75) is 43.1 Å². The Labute approximate surface area is 216 Å². The summed E-state index contributed by atoms with van der Waals surface area (Å²) in [6, 6.07) is 9.51. The topological polar surface area (TPSA) is 109 Å². The van der Waals surface area contributed by atoms with E-state index in [4.69, 9.17) is 4.74 Å². The number of hydrogen-bond acceptors (Lipinski definition) is 8. The molecule has 0 bridgehead atoms. The summed E-state index contributed by atoms with van der Waals surface area (Å²) >= 11 is 1.77. The Kier molecular flexibility index (Phi) is 9.49. The molecule has 4 rings (SSSR count). The summed E-state index contributed by atoms with van der Waals surface area (Å²) in [5.74, 6) is 1.35. The molecule has 36 heavy (non-hydrogen) atoms. The number of pyridine rings is 1. The molecule has 3 heterocycles. The second-order valence-electron chi connectivity index (χ2n) is 9.36. The van der Waals surface area contributed by atoms with Crippen LogP contribution in [0.4, 0.5) is 0 Å². The standard InChI is InChI=1S/C27H34N4O4S/c1-35-21-4-5-25-24(16-21)23(8-10-28-25)26(32)6-3-19-9-13-31(18-20(19)15-27(33)34)12-2-14-36-22-7-11-29-30-17-22/h4-5,7-8,10-11,16-17,19-20,26,32H,2-3,6,9,12-15,18H2,1H3,(H,33,34)/t19-,20+,26+/m1/s1. The average Bonchev–Trinajstić information content (AvgIpc) is 2.90. The van der Waals surface area contributed by atoms with Gasteiger partial charge in [-0.2, -0.15) is 10.2 Å². The molecule has 1 saturated heterocycles. The van der Waals surface area contributed by atoms with E-state index in [1.165, 1.54) is 0 Å². The summed E-state index contributed by atoms with van der Waals surface area (Å²) in [5, 5.41) is 29.2. The molecule has 3 aromatic rings. The molecule has 2 N–H and O–H groups in total. The number of nitrogens with zero attached hydrogens (tertiary/aromatic N) is 4. The number of carboxylic acids is 1. The van der Waals surface area contributed by atoms with Gasteiger partial charge in [-0.05, 0) is 92.3 Å². The first-order chi connectivity index (χ1) is 17.5. The lowest BCUT2D eigenvalue weighted by Gasteiger charge is -2.38. The van der Waals surface area contributed by atoms with Crippen molar-refractivity contribution in [3.63, 3.8) is 0 Å². The van der Waals surface area contributed by atoms with Crippen LogP contribution in [0.25, 0.3) is 10.9 Å². The summed E-state index contributed by atoms with van der Waals surface area (Å²) < 4.78 is 5.35. The van der Waals surface area contributed by atoms with Crippen LogP contribution >= 0.6 is 11.8 Å². The van der Waals surface area contributed by atoms with Crippen molar-refractivity contribution >= 4 is 28.6 Å². The summed E-state index contributed by atoms with van der Waals surface area (Å²) in [4.78, 5) is 19.5. The van der Waals surface area contributed by atoms with Crippen LogP contribution < -0.4 is 4.74 Å². The smallest absolute Gasteiger partial charge is 0.303 e. The number of ether oxygens (including phenoxy) is 1. The van der Waals surface area contributed by atoms with Crippen LogP contribution in [0, 0.1) is 11.8 Å². The van der Waals surface area contributed by atoms with E-state index >= 15 is 0 Å². The Balaban J connectivity index is 1.31. The minimum atomic E-state index is -0.750. The molecular formula is C27H34N4O4S. The van der Waals surface area contributed by atoms with Crippen LogP contribution in [0.15, 0.2) is 53.8 Å². The third-order valence-corrected chi connectivity index (χ3v) is 8.08. The lowest BCUT2D eigenvalue weighted by molar-refractivity contribution is -0.139. The average molecular weight is 511 g/mol. The second kappa shape index (κ2) is 13.0. The number of aliphatic hydroxyl groups is 1. The molecule has 1 aromatic carbocycles. The van der Waals surface area contributed by atoms with Gasteiger partial charge in [-0.25, -0.2) is 0 Å². The third-order valence-electron chi connectivity index (χ3n) is 7.01. The molecule has 0 radical (unpaired) electrons. The lowest BCUT2D eigenvalue weighted by atomic mass is 9.79. The van der Waals surface area contributed by atoms with Gasteiger partial charge < -0.3 is 19.8 Å². The van der Waals surface area contributed by atoms with E-state index in [9.17, 15) is 15.0 Å². The number of piperidine rings is 1. The number of aromatic nitrogens is 3. The Morgan fingerprint density at radius 2 is 2.11 bits per heavy atom. The minimum absolute atomic E-state index is 0.0924. The molecule has 9 heteroatoms. The predicted octanol–water partition coefficient (Wildman–Crippen LogP) is 4.44. The first-order valence-corrected chi connectivity index (χ1v) is 13.5. The summed E-state index contributed by atoms with van der Waals surface area (Å²) in [6.45, 7) is 2.72. The van der Waals surface area contributed by atoms with Crippen molar-refractivity contribution in [1.29, 1.82) is 0 Å². The number of hydrogen-bond donors (Lipinski definition) is 2. The summed E-state index contributed by atoms with van der Waals surface area (Å²) in [7, 11) is 1.62. The normalized spacial score (nSPS) is 19.3.